The fraction of sp³-hybridized carbons (Fsp3) is 0.250. The van der Waals surface area contributed by atoms with Crippen molar-refractivity contribution in [1.82, 2.24) is 5.32 Å². The van der Waals surface area contributed by atoms with Gasteiger partial charge in [-0.1, -0.05) is 42.3 Å². The fourth-order valence-corrected chi connectivity index (χ4v) is 2.36. The summed E-state index contributed by atoms with van der Waals surface area (Å²) >= 11 is 12.0. The molecule has 0 unspecified atom stereocenters. The van der Waals surface area contributed by atoms with E-state index < -0.39 is 0 Å². The number of benzene rings is 2. The quantitative estimate of drug-likeness (QED) is 0.821. The van der Waals surface area contributed by atoms with E-state index >= 15 is 0 Å². The lowest BCUT2D eigenvalue weighted by atomic mass is 10.2. The second kappa shape index (κ2) is 7.64. The summed E-state index contributed by atoms with van der Waals surface area (Å²) in [5, 5.41) is 4.20. The van der Waals surface area contributed by atoms with Gasteiger partial charge in [0.15, 0.2) is 0 Å². The molecule has 0 heterocycles. The van der Waals surface area contributed by atoms with E-state index in [2.05, 4.69) is 5.32 Å². The number of rotatable bonds is 6. The highest BCUT2D eigenvalue weighted by Gasteiger charge is 2.10. The highest BCUT2D eigenvalue weighted by molar-refractivity contribution is 6.32. The number of halogens is 3. The Bertz CT molecular complexity index is 619. The van der Waals surface area contributed by atoms with Gasteiger partial charge in [-0.2, -0.15) is 0 Å². The molecule has 0 fully saturated rings. The third kappa shape index (κ3) is 4.34. The maximum atomic E-state index is 13.7. The van der Waals surface area contributed by atoms with Crippen molar-refractivity contribution in [3.05, 3.63) is 63.4 Å². The van der Waals surface area contributed by atoms with E-state index in [1.54, 1.807) is 12.1 Å². The molecule has 2 rings (SSSR count). The molecule has 0 aliphatic carbocycles. The summed E-state index contributed by atoms with van der Waals surface area (Å²) in [4.78, 5) is 0. The Balaban J connectivity index is 2.17. The monoisotopic (exact) mass is 327 g/mol. The van der Waals surface area contributed by atoms with Gasteiger partial charge in [0.1, 0.15) is 18.2 Å². The Morgan fingerprint density at radius 1 is 1.14 bits per heavy atom. The zero-order valence-corrected chi connectivity index (χ0v) is 13.1. The first-order valence-corrected chi connectivity index (χ1v) is 7.42. The Morgan fingerprint density at radius 2 is 1.95 bits per heavy atom. The van der Waals surface area contributed by atoms with Crippen molar-refractivity contribution in [2.24, 2.45) is 0 Å². The van der Waals surface area contributed by atoms with E-state index in [0.29, 0.717) is 27.9 Å². The molecule has 1 N–H and O–H groups in total. The molecule has 0 amide bonds. The Labute approximate surface area is 133 Å². The molecular formula is C16H16Cl2FNO. The molecule has 2 aromatic rings. The third-order valence-corrected chi connectivity index (χ3v) is 3.53. The molecule has 2 nitrogen and oxygen atoms in total. The van der Waals surface area contributed by atoms with Gasteiger partial charge in [0.2, 0.25) is 0 Å². The van der Waals surface area contributed by atoms with E-state index in [0.717, 1.165) is 12.1 Å². The first-order valence-electron chi connectivity index (χ1n) is 6.66. The summed E-state index contributed by atoms with van der Waals surface area (Å²) in [6.45, 7) is 3.58. The molecule has 0 saturated heterocycles. The maximum Gasteiger partial charge on any atom is 0.142 e. The van der Waals surface area contributed by atoms with Crippen LogP contribution in [-0.2, 0) is 13.2 Å². The van der Waals surface area contributed by atoms with Crippen LogP contribution in [0, 0.1) is 5.82 Å². The maximum absolute atomic E-state index is 13.7. The lowest BCUT2D eigenvalue weighted by Crippen LogP contribution is -2.13. The van der Waals surface area contributed by atoms with Crippen molar-refractivity contribution >= 4 is 23.2 Å². The van der Waals surface area contributed by atoms with Crippen molar-refractivity contribution < 1.29 is 9.13 Å². The highest BCUT2D eigenvalue weighted by atomic mass is 35.5. The Kier molecular flexibility index (Phi) is 5.85. The summed E-state index contributed by atoms with van der Waals surface area (Å²) in [5.41, 5.74) is 1.34. The summed E-state index contributed by atoms with van der Waals surface area (Å²) in [6, 6.07) is 9.93. The Hall–Kier alpha value is -1.29. The molecular weight excluding hydrogens is 312 g/mol. The topological polar surface area (TPSA) is 21.3 Å². The second-order valence-corrected chi connectivity index (χ2v) is 5.38. The third-order valence-electron chi connectivity index (χ3n) is 2.99. The SMILES string of the molecule is CCNCc1cccc(Cl)c1OCc1cc(Cl)ccc1F. The molecule has 0 radical (unpaired) electrons. The van der Waals surface area contributed by atoms with Gasteiger partial charge in [-0.15, -0.1) is 0 Å². The van der Waals surface area contributed by atoms with Crippen molar-refractivity contribution in [3.8, 4) is 5.75 Å². The predicted molar refractivity (Wildman–Crippen MR) is 84.6 cm³/mol. The lowest BCUT2D eigenvalue weighted by molar-refractivity contribution is 0.296. The lowest BCUT2D eigenvalue weighted by Gasteiger charge is -2.14. The van der Waals surface area contributed by atoms with Crippen LogP contribution in [0.15, 0.2) is 36.4 Å². The van der Waals surface area contributed by atoms with Crippen molar-refractivity contribution in [2.45, 2.75) is 20.1 Å². The number of hydrogen-bond donors (Lipinski definition) is 1. The standard InChI is InChI=1S/C16H16Cl2FNO/c1-2-20-9-11-4-3-5-14(18)16(11)21-10-12-8-13(17)6-7-15(12)19/h3-8,20H,2,9-10H2,1H3. The number of nitrogens with one attached hydrogen (secondary N) is 1. The van der Waals surface area contributed by atoms with E-state index in [1.807, 2.05) is 19.1 Å². The van der Waals surface area contributed by atoms with Crippen LogP contribution in [0.1, 0.15) is 18.1 Å². The number of hydrogen-bond acceptors (Lipinski definition) is 2. The molecule has 0 atom stereocenters. The molecule has 5 heteroatoms. The average Bonchev–Trinajstić information content (AvgIpc) is 2.47. The van der Waals surface area contributed by atoms with Crippen LogP contribution in [0.4, 0.5) is 4.39 Å². The van der Waals surface area contributed by atoms with Gasteiger partial charge in [0.25, 0.3) is 0 Å². The van der Waals surface area contributed by atoms with E-state index in [4.69, 9.17) is 27.9 Å². The number of ether oxygens (including phenoxy) is 1. The highest BCUT2D eigenvalue weighted by Crippen LogP contribution is 2.30. The molecule has 0 aliphatic heterocycles. The van der Waals surface area contributed by atoms with Gasteiger partial charge >= 0.3 is 0 Å². The summed E-state index contributed by atoms with van der Waals surface area (Å²) in [5.74, 6) is 0.221. The Morgan fingerprint density at radius 3 is 2.71 bits per heavy atom. The molecule has 0 bridgehead atoms. The van der Waals surface area contributed by atoms with Crippen molar-refractivity contribution in [3.63, 3.8) is 0 Å². The van der Waals surface area contributed by atoms with Gasteiger partial charge in [0, 0.05) is 22.7 Å². The predicted octanol–water partition coefficient (Wildman–Crippen LogP) is 4.82. The van der Waals surface area contributed by atoms with Crippen LogP contribution in [-0.4, -0.2) is 6.54 Å². The molecule has 0 aliphatic rings. The normalized spacial score (nSPS) is 10.7. The van der Waals surface area contributed by atoms with Gasteiger partial charge in [-0.3, -0.25) is 0 Å². The molecule has 0 aromatic heterocycles. The zero-order valence-electron chi connectivity index (χ0n) is 11.6. The van der Waals surface area contributed by atoms with Crippen LogP contribution in [0.2, 0.25) is 10.0 Å². The van der Waals surface area contributed by atoms with E-state index in [9.17, 15) is 4.39 Å². The zero-order chi connectivity index (χ0) is 15.2. The van der Waals surface area contributed by atoms with Gasteiger partial charge in [0.05, 0.1) is 5.02 Å². The molecule has 0 saturated carbocycles. The van der Waals surface area contributed by atoms with E-state index in [-0.39, 0.29) is 12.4 Å². The van der Waals surface area contributed by atoms with Gasteiger partial charge < -0.3 is 10.1 Å². The molecule has 2 aromatic carbocycles. The summed E-state index contributed by atoms with van der Waals surface area (Å²) in [6.07, 6.45) is 0. The summed E-state index contributed by atoms with van der Waals surface area (Å²) in [7, 11) is 0. The summed E-state index contributed by atoms with van der Waals surface area (Å²) < 4.78 is 19.4. The average molecular weight is 328 g/mol. The van der Waals surface area contributed by atoms with Gasteiger partial charge in [-0.05, 0) is 30.8 Å². The van der Waals surface area contributed by atoms with Crippen LogP contribution in [0.5, 0.6) is 5.75 Å². The smallest absolute Gasteiger partial charge is 0.142 e. The van der Waals surface area contributed by atoms with Crippen LogP contribution in [0.25, 0.3) is 0 Å². The fourth-order valence-electron chi connectivity index (χ4n) is 1.92. The largest absolute Gasteiger partial charge is 0.487 e. The minimum Gasteiger partial charge on any atom is -0.487 e. The molecule has 112 valence electrons. The van der Waals surface area contributed by atoms with Crippen LogP contribution >= 0.6 is 23.2 Å². The minimum atomic E-state index is -0.348. The number of para-hydroxylation sites is 1. The van der Waals surface area contributed by atoms with Crippen LogP contribution < -0.4 is 10.1 Å². The first-order chi connectivity index (χ1) is 10.1. The first kappa shape index (κ1) is 16.1. The van der Waals surface area contributed by atoms with Crippen LogP contribution in [0.3, 0.4) is 0 Å². The second-order valence-electron chi connectivity index (χ2n) is 4.53. The molecule has 0 spiro atoms. The van der Waals surface area contributed by atoms with Crippen molar-refractivity contribution in [2.75, 3.05) is 6.54 Å². The van der Waals surface area contributed by atoms with Gasteiger partial charge in [-0.25, -0.2) is 4.39 Å². The van der Waals surface area contributed by atoms with E-state index in [1.165, 1.54) is 12.1 Å². The van der Waals surface area contributed by atoms with Crippen molar-refractivity contribution in [1.29, 1.82) is 0 Å². The molecule has 21 heavy (non-hydrogen) atoms. The minimum absolute atomic E-state index is 0.0786.